The molecule has 3 heteroatoms. The van der Waals surface area contributed by atoms with Crippen molar-refractivity contribution in [3.8, 4) is 5.75 Å². The van der Waals surface area contributed by atoms with Gasteiger partial charge in [0.1, 0.15) is 5.75 Å². The summed E-state index contributed by atoms with van der Waals surface area (Å²) in [6.07, 6.45) is 3.26. The SMILES string of the molecule is Oc1cncc(C2CNC2)c1. The van der Waals surface area contributed by atoms with Gasteiger partial charge in [0.05, 0.1) is 6.20 Å². The fourth-order valence-corrected chi connectivity index (χ4v) is 1.19. The topological polar surface area (TPSA) is 45.2 Å². The molecule has 1 fully saturated rings. The second-order valence-corrected chi connectivity index (χ2v) is 2.83. The molecule has 0 radical (unpaired) electrons. The Kier molecular flexibility index (Phi) is 1.51. The van der Waals surface area contributed by atoms with Crippen LogP contribution in [0.1, 0.15) is 11.5 Å². The van der Waals surface area contributed by atoms with Crippen LogP contribution in [0.25, 0.3) is 0 Å². The van der Waals surface area contributed by atoms with Gasteiger partial charge in [0.25, 0.3) is 0 Å². The maximum absolute atomic E-state index is 9.10. The van der Waals surface area contributed by atoms with Crippen LogP contribution in [0.2, 0.25) is 0 Å². The third-order valence-electron chi connectivity index (χ3n) is 2.00. The highest BCUT2D eigenvalue weighted by Gasteiger charge is 2.18. The lowest BCUT2D eigenvalue weighted by atomic mass is 9.95. The number of pyridine rings is 1. The highest BCUT2D eigenvalue weighted by Crippen LogP contribution is 2.21. The van der Waals surface area contributed by atoms with E-state index in [0.29, 0.717) is 5.92 Å². The standard InChI is InChI=1S/C8H10N2O/c11-8-1-6(2-10-5-8)7-3-9-4-7/h1-2,5,7,9,11H,3-4H2. The average Bonchev–Trinajstić information content (AvgIpc) is 1.83. The van der Waals surface area contributed by atoms with E-state index < -0.39 is 0 Å². The van der Waals surface area contributed by atoms with E-state index in [-0.39, 0.29) is 5.75 Å². The summed E-state index contributed by atoms with van der Waals surface area (Å²) in [6.45, 7) is 2.01. The van der Waals surface area contributed by atoms with Crippen molar-refractivity contribution in [2.75, 3.05) is 13.1 Å². The van der Waals surface area contributed by atoms with Gasteiger partial charge in [0.2, 0.25) is 0 Å². The lowest BCUT2D eigenvalue weighted by Crippen LogP contribution is -2.39. The highest BCUT2D eigenvalue weighted by molar-refractivity contribution is 5.26. The molecule has 1 aromatic rings. The molecule has 0 unspecified atom stereocenters. The summed E-state index contributed by atoms with van der Waals surface area (Å²) in [6, 6.07) is 1.78. The molecule has 0 aliphatic carbocycles. The van der Waals surface area contributed by atoms with Crippen LogP contribution in [0.3, 0.4) is 0 Å². The molecule has 1 aromatic heterocycles. The number of hydrogen-bond acceptors (Lipinski definition) is 3. The summed E-state index contributed by atoms with van der Waals surface area (Å²) in [7, 11) is 0. The summed E-state index contributed by atoms with van der Waals surface area (Å²) in [5.41, 5.74) is 1.13. The van der Waals surface area contributed by atoms with Gasteiger partial charge in [-0.05, 0) is 11.6 Å². The molecule has 1 saturated heterocycles. The van der Waals surface area contributed by atoms with E-state index in [1.54, 1.807) is 6.07 Å². The molecule has 58 valence electrons. The summed E-state index contributed by atoms with van der Waals surface area (Å²) in [4.78, 5) is 3.91. The summed E-state index contributed by atoms with van der Waals surface area (Å²) < 4.78 is 0. The number of aromatic hydroxyl groups is 1. The first-order valence-electron chi connectivity index (χ1n) is 3.71. The van der Waals surface area contributed by atoms with Gasteiger partial charge in [-0.15, -0.1) is 0 Å². The number of nitrogens with zero attached hydrogens (tertiary/aromatic N) is 1. The fourth-order valence-electron chi connectivity index (χ4n) is 1.19. The van der Waals surface area contributed by atoms with Gasteiger partial charge in [-0.2, -0.15) is 0 Å². The maximum atomic E-state index is 9.10. The Labute approximate surface area is 65.1 Å². The molecule has 2 N–H and O–H groups in total. The van der Waals surface area contributed by atoms with Crippen molar-refractivity contribution in [3.63, 3.8) is 0 Å². The largest absolute Gasteiger partial charge is 0.506 e. The molecule has 3 nitrogen and oxygen atoms in total. The molecule has 11 heavy (non-hydrogen) atoms. The Morgan fingerprint density at radius 2 is 2.27 bits per heavy atom. The number of aromatic nitrogens is 1. The van der Waals surface area contributed by atoms with Gasteiger partial charge < -0.3 is 10.4 Å². The van der Waals surface area contributed by atoms with Crippen LogP contribution in [-0.4, -0.2) is 23.2 Å². The van der Waals surface area contributed by atoms with Crippen molar-refractivity contribution in [3.05, 3.63) is 24.0 Å². The van der Waals surface area contributed by atoms with Gasteiger partial charge in [-0.3, -0.25) is 4.98 Å². The van der Waals surface area contributed by atoms with Gasteiger partial charge in [0, 0.05) is 25.2 Å². The first-order chi connectivity index (χ1) is 5.36. The Morgan fingerprint density at radius 1 is 1.45 bits per heavy atom. The van der Waals surface area contributed by atoms with Crippen LogP contribution >= 0.6 is 0 Å². The molecular formula is C8H10N2O. The second-order valence-electron chi connectivity index (χ2n) is 2.83. The van der Waals surface area contributed by atoms with Crippen LogP contribution in [-0.2, 0) is 0 Å². The van der Waals surface area contributed by atoms with Gasteiger partial charge in [-0.25, -0.2) is 0 Å². The van der Waals surface area contributed by atoms with E-state index in [1.807, 2.05) is 6.20 Å². The minimum absolute atomic E-state index is 0.259. The molecule has 0 aromatic carbocycles. The molecule has 1 aliphatic rings. The zero-order chi connectivity index (χ0) is 7.68. The lowest BCUT2D eigenvalue weighted by molar-refractivity contribution is 0.439. The maximum Gasteiger partial charge on any atom is 0.134 e. The van der Waals surface area contributed by atoms with Crippen LogP contribution < -0.4 is 5.32 Å². The van der Waals surface area contributed by atoms with Crippen molar-refractivity contribution in [1.29, 1.82) is 0 Å². The first kappa shape index (κ1) is 6.61. The third-order valence-corrected chi connectivity index (χ3v) is 2.00. The zero-order valence-corrected chi connectivity index (χ0v) is 6.12. The summed E-state index contributed by atoms with van der Waals surface area (Å²) in [5.74, 6) is 0.809. The first-order valence-corrected chi connectivity index (χ1v) is 3.71. The molecule has 0 atom stereocenters. The lowest BCUT2D eigenvalue weighted by Gasteiger charge is -2.26. The molecule has 0 saturated carbocycles. The molecule has 0 spiro atoms. The second kappa shape index (κ2) is 2.51. The van der Waals surface area contributed by atoms with E-state index >= 15 is 0 Å². The predicted octanol–water partition coefficient (Wildman–Crippen LogP) is 0.474. The Hall–Kier alpha value is -1.09. The molecule has 1 aliphatic heterocycles. The minimum atomic E-state index is 0.259. The Balaban J connectivity index is 2.23. The van der Waals surface area contributed by atoms with Crippen molar-refractivity contribution >= 4 is 0 Å². The van der Waals surface area contributed by atoms with Gasteiger partial charge >= 0.3 is 0 Å². The number of hydrogen-bond donors (Lipinski definition) is 2. The van der Waals surface area contributed by atoms with E-state index in [2.05, 4.69) is 10.3 Å². The van der Waals surface area contributed by atoms with Crippen molar-refractivity contribution in [1.82, 2.24) is 10.3 Å². The number of rotatable bonds is 1. The van der Waals surface area contributed by atoms with Crippen molar-refractivity contribution < 1.29 is 5.11 Å². The van der Waals surface area contributed by atoms with Crippen LogP contribution in [0.5, 0.6) is 5.75 Å². The van der Waals surface area contributed by atoms with E-state index in [0.717, 1.165) is 18.7 Å². The quantitative estimate of drug-likeness (QED) is 0.611. The van der Waals surface area contributed by atoms with Crippen LogP contribution in [0.15, 0.2) is 18.5 Å². The number of nitrogens with one attached hydrogen (secondary N) is 1. The van der Waals surface area contributed by atoms with Gasteiger partial charge in [0.15, 0.2) is 0 Å². The zero-order valence-electron chi connectivity index (χ0n) is 6.12. The molecule has 0 amide bonds. The minimum Gasteiger partial charge on any atom is -0.506 e. The van der Waals surface area contributed by atoms with Crippen LogP contribution in [0.4, 0.5) is 0 Å². The fraction of sp³-hybridized carbons (Fsp3) is 0.375. The smallest absolute Gasteiger partial charge is 0.134 e. The van der Waals surface area contributed by atoms with Gasteiger partial charge in [-0.1, -0.05) is 0 Å². The molecule has 0 bridgehead atoms. The van der Waals surface area contributed by atoms with E-state index in [4.69, 9.17) is 5.11 Å². The molecule has 2 heterocycles. The van der Waals surface area contributed by atoms with Crippen LogP contribution in [0, 0.1) is 0 Å². The Bertz CT molecular complexity index is 258. The Morgan fingerprint density at radius 3 is 2.82 bits per heavy atom. The highest BCUT2D eigenvalue weighted by atomic mass is 16.3. The average molecular weight is 150 g/mol. The monoisotopic (exact) mass is 150 g/mol. The molecule has 2 rings (SSSR count). The van der Waals surface area contributed by atoms with E-state index in [1.165, 1.54) is 6.20 Å². The van der Waals surface area contributed by atoms with Crippen molar-refractivity contribution in [2.45, 2.75) is 5.92 Å². The third kappa shape index (κ3) is 1.19. The normalized spacial score (nSPS) is 17.8. The summed E-state index contributed by atoms with van der Waals surface area (Å²) >= 11 is 0. The molecular weight excluding hydrogens is 140 g/mol. The van der Waals surface area contributed by atoms with Crippen molar-refractivity contribution in [2.24, 2.45) is 0 Å². The van der Waals surface area contributed by atoms with E-state index in [9.17, 15) is 0 Å². The predicted molar refractivity (Wildman–Crippen MR) is 41.5 cm³/mol. The summed E-state index contributed by atoms with van der Waals surface area (Å²) in [5, 5.41) is 12.3.